The first-order valence-corrected chi connectivity index (χ1v) is 12.1. The van der Waals surface area contributed by atoms with Crippen LogP contribution in [0.1, 0.15) is 34.5 Å². The lowest BCUT2D eigenvalue weighted by Gasteiger charge is -2.37. The molecule has 0 bridgehead atoms. The van der Waals surface area contributed by atoms with Gasteiger partial charge in [0.1, 0.15) is 6.04 Å². The fourth-order valence-corrected chi connectivity index (χ4v) is 5.70. The van der Waals surface area contributed by atoms with Crippen molar-refractivity contribution in [2.75, 3.05) is 34.4 Å². The molecule has 3 aromatic carbocycles. The molecule has 0 aromatic heterocycles. The highest BCUT2D eigenvalue weighted by Gasteiger charge is 2.53. The Morgan fingerprint density at radius 1 is 0.914 bits per heavy atom. The highest BCUT2D eigenvalue weighted by Crippen LogP contribution is 2.48. The van der Waals surface area contributed by atoms with Gasteiger partial charge in [0.2, 0.25) is 0 Å². The van der Waals surface area contributed by atoms with Gasteiger partial charge in [-0.25, -0.2) is 0 Å². The van der Waals surface area contributed by atoms with E-state index in [4.69, 9.17) is 14.2 Å². The zero-order valence-electron chi connectivity index (χ0n) is 20.5. The Bertz CT molecular complexity index is 1180. The number of nitrogens with zero attached hydrogens (tertiary/aromatic N) is 2. The van der Waals surface area contributed by atoms with E-state index >= 15 is 0 Å². The molecule has 0 unspecified atom stereocenters. The molecule has 0 spiro atoms. The molecule has 2 heterocycles. The van der Waals surface area contributed by atoms with Crippen LogP contribution in [0.5, 0.6) is 11.5 Å². The van der Waals surface area contributed by atoms with E-state index in [2.05, 4.69) is 52.3 Å². The lowest BCUT2D eigenvalue weighted by atomic mass is 9.96. The highest BCUT2D eigenvalue weighted by molar-refractivity contribution is 5.78. The van der Waals surface area contributed by atoms with Crippen LogP contribution in [0.15, 0.2) is 72.8 Å². The Labute approximate surface area is 207 Å². The van der Waals surface area contributed by atoms with Crippen LogP contribution >= 0.6 is 0 Å². The molecule has 3 atom stereocenters. The number of hydrogen-bond donors (Lipinski definition) is 0. The van der Waals surface area contributed by atoms with Crippen LogP contribution in [0, 0.1) is 0 Å². The van der Waals surface area contributed by atoms with Gasteiger partial charge in [0.15, 0.2) is 11.5 Å². The van der Waals surface area contributed by atoms with E-state index < -0.39 is 0 Å². The maximum atomic E-state index is 13.2. The zero-order chi connectivity index (χ0) is 24.4. The van der Waals surface area contributed by atoms with Crippen LogP contribution in [0.3, 0.4) is 0 Å². The average molecular weight is 473 g/mol. The predicted molar refractivity (Wildman–Crippen MR) is 135 cm³/mol. The lowest BCUT2D eigenvalue weighted by molar-refractivity contribution is -0.147. The van der Waals surface area contributed by atoms with Gasteiger partial charge >= 0.3 is 5.97 Å². The second-order valence-corrected chi connectivity index (χ2v) is 9.06. The molecule has 5 rings (SSSR count). The molecule has 35 heavy (non-hydrogen) atoms. The Morgan fingerprint density at radius 3 is 2.40 bits per heavy atom. The van der Waals surface area contributed by atoms with Crippen molar-refractivity contribution in [3.05, 3.63) is 95.1 Å². The summed E-state index contributed by atoms with van der Waals surface area (Å²) in [6.07, 6.45) is 1.74. The predicted octanol–water partition coefficient (Wildman–Crippen LogP) is 4.40. The van der Waals surface area contributed by atoms with Crippen molar-refractivity contribution in [2.45, 2.75) is 31.1 Å². The number of ether oxygens (including phenoxy) is 3. The van der Waals surface area contributed by atoms with Gasteiger partial charge in [-0.1, -0.05) is 60.7 Å². The largest absolute Gasteiger partial charge is 0.493 e. The first-order valence-electron chi connectivity index (χ1n) is 12.1. The summed E-state index contributed by atoms with van der Waals surface area (Å²) in [6.45, 7) is 1.59. The third-order valence-electron chi connectivity index (χ3n) is 7.30. The van der Waals surface area contributed by atoms with Crippen LogP contribution in [0.2, 0.25) is 0 Å². The van der Waals surface area contributed by atoms with Crippen LogP contribution in [0.4, 0.5) is 0 Å². The standard InChI is InChI=1S/C29H32N2O4/c1-33-24-14-13-20(19-25(24)34-2)15-17-30-26(22-10-5-4-6-11-22)27(29(32)35-3)31-18-16-21-9-7-8-12-23(21)28(30)31/h4-14,19,26-28H,15-18H2,1-3H3/t26-,27+,28-/m1/s1. The molecule has 0 N–H and O–H groups in total. The van der Waals surface area contributed by atoms with Gasteiger partial charge in [-0.15, -0.1) is 0 Å². The van der Waals surface area contributed by atoms with Crippen molar-refractivity contribution in [2.24, 2.45) is 0 Å². The van der Waals surface area contributed by atoms with E-state index in [9.17, 15) is 4.79 Å². The average Bonchev–Trinajstić information content (AvgIpc) is 3.26. The molecule has 6 nitrogen and oxygen atoms in total. The fourth-order valence-electron chi connectivity index (χ4n) is 5.70. The number of methoxy groups -OCH3 is 3. The van der Waals surface area contributed by atoms with Crippen molar-refractivity contribution >= 4 is 5.97 Å². The minimum absolute atomic E-state index is 0.00870. The number of carbonyl (C=O) groups excluding carboxylic acids is 1. The van der Waals surface area contributed by atoms with Gasteiger partial charge in [-0.05, 0) is 47.2 Å². The number of hydrogen-bond acceptors (Lipinski definition) is 6. The molecular weight excluding hydrogens is 440 g/mol. The van der Waals surface area contributed by atoms with E-state index in [1.54, 1.807) is 14.2 Å². The van der Waals surface area contributed by atoms with Gasteiger partial charge < -0.3 is 14.2 Å². The molecular formula is C29H32N2O4. The van der Waals surface area contributed by atoms with E-state index in [-0.39, 0.29) is 24.2 Å². The molecule has 2 aliphatic heterocycles. The number of benzene rings is 3. The molecule has 1 saturated heterocycles. The molecule has 1 fully saturated rings. The van der Waals surface area contributed by atoms with E-state index in [0.717, 1.165) is 48.6 Å². The first kappa shape index (κ1) is 23.4. The molecule has 0 aliphatic carbocycles. The van der Waals surface area contributed by atoms with Gasteiger partial charge in [-0.2, -0.15) is 0 Å². The molecule has 0 amide bonds. The molecule has 6 heteroatoms. The van der Waals surface area contributed by atoms with Crippen LogP contribution < -0.4 is 9.47 Å². The molecule has 2 aliphatic rings. The second kappa shape index (κ2) is 10.1. The summed E-state index contributed by atoms with van der Waals surface area (Å²) in [4.78, 5) is 18.0. The minimum Gasteiger partial charge on any atom is -0.493 e. The molecule has 0 radical (unpaired) electrons. The molecule has 3 aromatic rings. The van der Waals surface area contributed by atoms with Crippen LogP contribution in [-0.2, 0) is 22.4 Å². The van der Waals surface area contributed by atoms with E-state index in [1.165, 1.54) is 18.2 Å². The van der Waals surface area contributed by atoms with Gasteiger partial charge in [0.05, 0.1) is 33.5 Å². The highest BCUT2D eigenvalue weighted by atomic mass is 16.5. The van der Waals surface area contributed by atoms with Gasteiger partial charge in [0.25, 0.3) is 0 Å². The summed E-state index contributed by atoms with van der Waals surface area (Å²) in [7, 11) is 4.79. The summed E-state index contributed by atoms with van der Waals surface area (Å²) < 4.78 is 16.3. The molecule has 182 valence electrons. The Kier molecular flexibility index (Phi) is 6.75. The Hall–Kier alpha value is -3.35. The topological polar surface area (TPSA) is 51.2 Å². The quantitative estimate of drug-likeness (QED) is 0.475. The number of carbonyl (C=O) groups is 1. The van der Waals surface area contributed by atoms with E-state index in [0.29, 0.717) is 0 Å². The summed E-state index contributed by atoms with van der Waals surface area (Å²) in [5.41, 5.74) is 4.91. The summed E-state index contributed by atoms with van der Waals surface area (Å²) >= 11 is 0. The summed E-state index contributed by atoms with van der Waals surface area (Å²) in [5.74, 6) is 1.26. The van der Waals surface area contributed by atoms with Crippen molar-refractivity contribution in [3.63, 3.8) is 0 Å². The van der Waals surface area contributed by atoms with Crippen LogP contribution in [-0.4, -0.2) is 56.2 Å². The summed E-state index contributed by atoms with van der Waals surface area (Å²) in [5, 5.41) is 0. The fraction of sp³-hybridized carbons (Fsp3) is 0.345. The van der Waals surface area contributed by atoms with Crippen molar-refractivity contribution < 1.29 is 19.0 Å². The van der Waals surface area contributed by atoms with E-state index in [1.807, 2.05) is 30.3 Å². The number of esters is 1. The smallest absolute Gasteiger partial charge is 0.325 e. The SMILES string of the molecule is COC(=O)[C@@H]1[C@@H](c2ccccc2)N(CCc2ccc(OC)c(OC)c2)[C@H]2c3ccccc3CCN21. The number of rotatable bonds is 7. The van der Waals surface area contributed by atoms with Crippen molar-refractivity contribution in [1.82, 2.24) is 9.80 Å². The maximum absolute atomic E-state index is 13.2. The maximum Gasteiger partial charge on any atom is 0.325 e. The third-order valence-corrected chi connectivity index (χ3v) is 7.30. The summed E-state index contributed by atoms with van der Waals surface area (Å²) in [6, 6.07) is 24.5. The Morgan fingerprint density at radius 2 is 1.66 bits per heavy atom. The van der Waals surface area contributed by atoms with Crippen molar-refractivity contribution in [1.29, 1.82) is 0 Å². The normalized spacial score (nSPS) is 21.7. The van der Waals surface area contributed by atoms with Gasteiger partial charge in [-0.3, -0.25) is 14.6 Å². The first-order chi connectivity index (χ1) is 17.2. The number of fused-ring (bicyclic) bond motifs is 3. The zero-order valence-corrected chi connectivity index (χ0v) is 20.5. The minimum atomic E-state index is -0.369. The lowest BCUT2D eigenvalue weighted by Crippen LogP contribution is -2.43. The van der Waals surface area contributed by atoms with Crippen LogP contribution in [0.25, 0.3) is 0 Å². The third kappa shape index (κ3) is 4.28. The van der Waals surface area contributed by atoms with Gasteiger partial charge in [0, 0.05) is 13.1 Å². The second-order valence-electron chi connectivity index (χ2n) is 9.06. The Balaban J connectivity index is 1.55. The van der Waals surface area contributed by atoms with Crippen molar-refractivity contribution in [3.8, 4) is 11.5 Å². The molecule has 0 saturated carbocycles. The monoisotopic (exact) mass is 472 g/mol.